The molecule has 0 radical (unpaired) electrons. The van der Waals surface area contributed by atoms with Crippen LogP contribution in [0.15, 0.2) is 78.9 Å². The third-order valence-electron chi connectivity index (χ3n) is 8.61. The van der Waals surface area contributed by atoms with Crippen molar-refractivity contribution in [2.75, 3.05) is 13.2 Å². The molecule has 6 heteroatoms. The molecule has 1 N–H and O–H groups in total. The first-order chi connectivity index (χ1) is 19.0. The van der Waals surface area contributed by atoms with E-state index in [-0.39, 0.29) is 23.8 Å². The van der Waals surface area contributed by atoms with Gasteiger partial charge in [0.1, 0.15) is 11.6 Å². The maximum Gasteiger partial charge on any atom is 0.261 e. The molecule has 0 atom stereocenters. The summed E-state index contributed by atoms with van der Waals surface area (Å²) in [4.78, 5) is 36.5. The molecule has 2 heterocycles. The van der Waals surface area contributed by atoms with E-state index in [0.29, 0.717) is 17.7 Å². The van der Waals surface area contributed by atoms with E-state index in [4.69, 9.17) is 9.72 Å². The van der Waals surface area contributed by atoms with Crippen molar-refractivity contribution in [3.8, 4) is 17.1 Å². The lowest BCUT2D eigenvalue weighted by atomic mass is 9.68. The van der Waals surface area contributed by atoms with E-state index < -0.39 is 5.41 Å². The summed E-state index contributed by atoms with van der Waals surface area (Å²) in [6, 6.07) is 25.3. The zero-order valence-corrected chi connectivity index (χ0v) is 23.5. The molecule has 1 aromatic heterocycles. The van der Waals surface area contributed by atoms with E-state index in [2.05, 4.69) is 51.7 Å². The SMILES string of the molecule is Cc1ccc2nc(-c3ccc(OCC(C)(C)C(C)(C)CN4C(=O)c5cccc6cccc(c56)C4=O)cc3)[nH]c2c1. The van der Waals surface area contributed by atoms with Crippen LogP contribution in [0, 0.1) is 17.8 Å². The Morgan fingerprint density at radius 3 is 2.12 bits per heavy atom. The Hall–Kier alpha value is -4.45. The Morgan fingerprint density at radius 2 is 1.48 bits per heavy atom. The van der Waals surface area contributed by atoms with Gasteiger partial charge < -0.3 is 9.72 Å². The quantitative estimate of drug-likeness (QED) is 0.222. The highest BCUT2D eigenvalue weighted by molar-refractivity contribution is 6.25. The van der Waals surface area contributed by atoms with Crippen molar-refractivity contribution in [2.45, 2.75) is 34.6 Å². The summed E-state index contributed by atoms with van der Waals surface area (Å²) in [5, 5.41) is 1.66. The minimum absolute atomic E-state index is 0.240. The molecule has 2 amide bonds. The number of benzene rings is 4. The number of carbonyl (C=O) groups is 2. The Kier molecular flexibility index (Phi) is 6.02. The number of amides is 2. The first kappa shape index (κ1) is 25.8. The lowest BCUT2D eigenvalue weighted by Crippen LogP contribution is -2.51. The van der Waals surface area contributed by atoms with Gasteiger partial charge in [0.05, 0.1) is 17.6 Å². The van der Waals surface area contributed by atoms with Gasteiger partial charge in [-0.05, 0) is 71.8 Å². The number of aromatic nitrogens is 2. The number of imidazole rings is 1. The highest BCUT2D eigenvalue weighted by atomic mass is 16.5. The van der Waals surface area contributed by atoms with E-state index in [1.807, 2.05) is 66.7 Å². The van der Waals surface area contributed by atoms with E-state index in [9.17, 15) is 9.59 Å². The van der Waals surface area contributed by atoms with Crippen molar-refractivity contribution in [1.82, 2.24) is 14.9 Å². The van der Waals surface area contributed by atoms with Crippen molar-refractivity contribution in [3.05, 3.63) is 95.6 Å². The highest BCUT2D eigenvalue weighted by Crippen LogP contribution is 2.41. The number of hydrogen-bond acceptors (Lipinski definition) is 4. The maximum absolute atomic E-state index is 13.5. The highest BCUT2D eigenvalue weighted by Gasteiger charge is 2.43. The number of aryl methyl sites for hydroxylation is 1. The van der Waals surface area contributed by atoms with Gasteiger partial charge in [-0.15, -0.1) is 0 Å². The van der Waals surface area contributed by atoms with Gasteiger partial charge in [-0.1, -0.05) is 58.0 Å². The first-order valence-electron chi connectivity index (χ1n) is 13.6. The number of imide groups is 1. The van der Waals surface area contributed by atoms with Crippen molar-refractivity contribution < 1.29 is 14.3 Å². The number of nitrogens with zero attached hydrogens (tertiary/aromatic N) is 2. The normalized spacial score (nSPS) is 13.9. The second kappa shape index (κ2) is 9.33. The Morgan fingerprint density at radius 1 is 0.825 bits per heavy atom. The molecule has 0 saturated heterocycles. The number of fused-ring (bicyclic) bond motifs is 1. The van der Waals surface area contributed by atoms with Gasteiger partial charge in [0.25, 0.3) is 11.8 Å². The molecule has 0 saturated carbocycles. The zero-order chi connectivity index (χ0) is 28.2. The predicted octanol–water partition coefficient (Wildman–Crippen LogP) is 7.42. The average molecular weight is 532 g/mol. The molecular weight excluding hydrogens is 498 g/mol. The lowest BCUT2D eigenvalue weighted by Gasteiger charge is -2.44. The van der Waals surface area contributed by atoms with Crippen LogP contribution < -0.4 is 4.74 Å². The van der Waals surface area contributed by atoms with Gasteiger partial charge in [-0.2, -0.15) is 0 Å². The minimum atomic E-state index is -0.426. The molecule has 0 fully saturated rings. The molecule has 0 aliphatic carbocycles. The van der Waals surface area contributed by atoms with Gasteiger partial charge in [0.2, 0.25) is 0 Å². The summed E-state index contributed by atoms with van der Waals surface area (Å²) in [7, 11) is 0. The van der Waals surface area contributed by atoms with Gasteiger partial charge in [-0.25, -0.2) is 4.98 Å². The smallest absolute Gasteiger partial charge is 0.261 e. The van der Waals surface area contributed by atoms with Crippen LogP contribution in [0.3, 0.4) is 0 Å². The average Bonchev–Trinajstić information content (AvgIpc) is 3.36. The van der Waals surface area contributed by atoms with E-state index >= 15 is 0 Å². The Balaban J connectivity index is 1.16. The number of carbonyl (C=O) groups excluding carboxylic acids is 2. The fourth-order valence-corrected chi connectivity index (χ4v) is 5.26. The van der Waals surface area contributed by atoms with Crippen molar-refractivity contribution >= 4 is 33.6 Å². The number of H-pyrrole nitrogens is 1. The summed E-state index contributed by atoms with van der Waals surface area (Å²) in [5.74, 6) is 1.10. The molecule has 0 unspecified atom stereocenters. The molecule has 5 aromatic rings. The molecule has 6 rings (SSSR count). The molecule has 0 spiro atoms. The third-order valence-corrected chi connectivity index (χ3v) is 8.61. The van der Waals surface area contributed by atoms with Gasteiger partial charge in [0, 0.05) is 34.0 Å². The summed E-state index contributed by atoms with van der Waals surface area (Å²) >= 11 is 0. The van der Waals surface area contributed by atoms with Crippen LogP contribution in [0.4, 0.5) is 0 Å². The number of aromatic amines is 1. The second-order valence-electron chi connectivity index (χ2n) is 12.1. The summed E-state index contributed by atoms with van der Waals surface area (Å²) in [5.41, 5.74) is 4.51. The fraction of sp³-hybridized carbons (Fsp3) is 0.265. The van der Waals surface area contributed by atoms with Crippen LogP contribution in [0.1, 0.15) is 54.0 Å². The molecule has 1 aliphatic rings. The van der Waals surface area contributed by atoms with E-state index in [0.717, 1.165) is 38.9 Å². The number of rotatable bonds is 7. The van der Waals surface area contributed by atoms with E-state index in [1.165, 1.54) is 10.5 Å². The molecule has 4 aromatic carbocycles. The number of ether oxygens (including phenoxy) is 1. The van der Waals surface area contributed by atoms with Gasteiger partial charge in [0.15, 0.2) is 0 Å². The van der Waals surface area contributed by atoms with Crippen molar-refractivity contribution in [1.29, 1.82) is 0 Å². The molecule has 6 nitrogen and oxygen atoms in total. The predicted molar refractivity (Wildman–Crippen MR) is 159 cm³/mol. The minimum Gasteiger partial charge on any atom is -0.493 e. The number of nitrogens with one attached hydrogen (secondary N) is 1. The van der Waals surface area contributed by atoms with Crippen molar-refractivity contribution in [2.24, 2.45) is 10.8 Å². The molecule has 202 valence electrons. The van der Waals surface area contributed by atoms with Crippen LogP contribution in [0.2, 0.25) is 0 Å². The Labute approximate surface area is 234 Å². The van der Waals surface area contributed by atoms with Crippen LogP contribution in [0.5, 0.6) is 5.75 Å². The monoisotopic (exact) mass is 531 g/mol. The summed E-state index contributed by atoms with van der Waals surface area (Å²) in [6.07, 6.45) is 0. The first-order valence-corrected chi connectivity index (χ1v) is 13.6. The molecule has 0 bridgehead atoms. The number of hydrogen-bond donors (Lipinski definition) is 1. The van der Waals surface area contributed by atoms with Crippen LogP contribution in [-0.4, -0.2) is 39.8 Å². The summed E-state index contributed by atoms with van der Waals surface area (Å²) < 4.78 is 6.25. The van der Waals surface area contributed by atoms with Gasteiger partial charge in [-0.3, -0.25) is 14.5 Å². The topological polar surface area (TPSA) is 75.3 Å². The van der Waals surface area contributed by atoms with Crippen LogP contribution in [0.25, 0.3) is 33.2 Å². The summed E-state index contributed by atoms with van der Waals surface area (Å²) in [6.45, 7) is 11.2. The van der Waals surface area contributed by atoms with Crippen molar-refractivity contribution in [3.63, 3.8) is 0 Å². The fourth-order valence-electron chi connectivity index (χ4n) is 5.26. The Bertz CT molecular complexity index is 1730. The third kappa shape index (κ3) is 4.34. The maximum atomic E-state index is 13.5. The molecule has 40 heavy (non-hydrogen) atoms. The lowest BCUT2D eigenvalue weighted by molar-refractivity contribution is 0.0159. The van der Waals surface area contributed by atoms with Crippen LogP contribution in [-0.2, 0) is 0 Å². The standard InChI is InChI=1S/C34H33N3O3/c1-21-12-17-27-28(18-21)36-30(35-27)23-13-15-24(16-14-23)40-20-34(4,5)33(2,3)19-37-31(38)25-10-6-8-22-9-7-11-26(29(22)25)32(37)39/h6-18H,19-20H2,1-5H3,(H,35,36). The largest absolute Gasteiger partial charge is 0.493 e. The van der Waals surface area contributed by atoms with E-state index in [1.54, 1.807) is 0 Å². The molecular formula is C34H33N3O3. The molecule has 1 aliphatic heterocycles. The van der Waals surface area contributed by atoms with Gasteiger partial charge >= 0.3 is 0 Å². The van der Waals surface area contributed by atoms with Crippen LogP contribution >= 0.6 is 0 Å². The second-order valence-corrected chi connectivity index (χ2v) is 12.1. The zero-order valence-electron chi connectivity index (χ0n) is 23.5.